The van der Waals surface area contributed by atoms with Crippen LogP contribution in [0.4, 0.5) is 0 Å². The minimum absolute atomic E-state index is 0.887. The molecule has 2 aromatic heterocycles. The second-order valence-electron chi connectivity index (χ2n) is 11.4. The first-order chi connectivity index (χ1) is 21.3. The van der Waals surface area contributed by atoms with E-state index in [4.69, 9.17) is 4.74 Å². The molecular formula is C40H24N2O. The third kappa shape index (κ3) is 3.08. The molecule has 0 unspecified atom stereocenters. The minimum atomic E-state index is 0.887. The molecule has 0 saturated carbocycles. The molecule has 0 atom stereocenters. The van der Waals surface area contributed by atoms with Crippen LogP contribution in [0, 0.1) is 0 Å². The van der Waals surface area contributed by atoms with E-state index in [1.165, 1.54) is 60.0 Å². The zero-order valence-electron chi connectivity index (χ0n) is 23.2. The number of benzene rings is 7. The smallest absolute Gasteiger partial charge is 0.152 e. The summed E-state index contributed by atoms with van der Waals surface area (Å²) >= 11 is 0. The van der Waals surface area contributed by atoms with Gasteiger partial charge in [0.15, 0.2) is 11.5 Å². The normalized spacial score (nSPS) is 12.4. The van der Waals surface area contributed by atoms with E-state index in [-0.39, 0.29) is 0 Å². The monoisotopic (exact) mass is 548 g/mol. The van der Waals surface area contributed by atoms with Crippen LogP contribution >= 0.6 is 0 Å². The van der Waals surface area contributed by atoms with Crippen LogP contribution in [0.3, 0.4) is 0 Å². The van der Waals surface area contributed by atoms with E-state index in [2.05, 4.69) is 143 Å². The molecule has 43 heavy (non-hydrogen) atoms. The molecule has 7 aromatic carbocycles. The first-order valence-electron chi connectivity index (χ1n) is 14.7. The predicted molar refractivity (Wildman–Crippen MR) is 178 cm³/mol. The molecule has 0 amide bonds. The minimum Gasteiger partial charge on any atom is -0.453 e. The van der Waals surface area contributed by atoms with Gasteiger partial charge in [-0.15, -0.1) is 0 Å². The Bertz CT molecular complexity index is 2580. The van der Waals surface area contributed by atoms with Gasteiger partial charge >= 0.3 is 0 Å². The number of nitrogens with zero attached hydrogens (tertiary/aromatic N) is 2. The van der Waals surface area contributed by atoms with E-state index < -0.39 is 0 Å². The van der Waals surface area contributed by atoms with Crippen LogP contribution in [0.2, 0.25) is 0 Å². The van der Waals surface area contributed by atoms with Crippen LogP contribution in [0.5, 0.6) is 11.5 Å². The summed E-state index contributed by atoms with van der Waals surface area (Å²) in [6, 6.07) is 52.4. The van der Waals surface area contributed by atoms with Crippen LogP contribution < -0.4 is 4.74 Å². The Morgan fingerprint density at radius 2 is 1.12 bits per heavy atom. The van der Waals surface area contributed by atoms with Crippen molar-refractivity contribution in [2.75, 3.05) is 0 Å². The highest BCUT2D eigenvalue weighted by Crippen LogP contribution is 2.46. The van der Waals surface area contributed by atoms with Gasteiger partial charge in [0.25, 0.3) is 0 Å². The third-order valence-electron chi connectivity index (χ3n) is 9.10. The lowest BCUT2D eigenvalue weighted by Gasteiger charge is -2.20. The second-order valence-corrected chi connectivity index (χ2v) is 11.4. The number of para-hydroxylation sites is 4. The van der Waals surface area contributed by atoms with E-state index in [1.54, 1.807) is 0 Å². The molecule has 3 heteroatoms. The van der Waals surface area contributed by atoms with Gasteiger partial charge in [-0.3, -0.25) is 0 Å². The van der Waals surface area contributed by atoms with Crippen molar-refractivity contribution >= 4 is 54.4 Å². The third-order valence-corrected chi connectivity index (χ3v) is 9.10. The highest BCUT2D eigenvalue weighted by atomic mass is 16.5. The molecule has 1 aliphatic rings. The molecule has 200 valence electrons. The van der Waals surface area contributed by atoms with E-state index in [1.807, 2.05) is 12.1 Å². The van der Waals surface area contributed by atoms with Crippen molar-refractivity contribution in [3.05, 3.63) is 146 Å². The molecule has 1 aliphatic heterocycles. The van der Waals surface area contributed by atoms with Crippen LogP contribution in [-0.4, -0.2) is 9.13 Å². The molecule has 3 nitrogen and oxygen atoms in total. The number of aromatic nitrogens is 2. The Hall–Kier alpha value is -5.80. The maximum atomic E-state index is 6.30. The van der Waals surface area contributed by atoms with Crippen molar-refractivity contribution in [3.63, 3.8) is 0 Å². The zero-order valence-corrected chi connectivity index (χ0v) is 23.2. The molecule has 0 fully saturated rings. The first kappa shape index (κ1) is 22.8. The summed E-state index contributed by atoms with van der Waals surface area (Å²) in [6.07, 6.45) is 0. The molecular weight excluding hydrogens is 524 g/mol. The molecule has 3 heterocycles. The molecule has 10 rings (SSSR count). The summed E-state index contributed by atoms with van der Waals surface area (Å²) in [6.45, 7) is 0. The maximum absolute atomic E-state index is 6.30. The van der Waals surface area contributed by atoms with Gasteiger partial charge in [-0.2, -0.15) is 0 Å². The fourth-order valence-electron chi connectivity index (χ4n) is 7.22. The van der Waals surface area contributed by atoms with Gasteiger partial charge in [-0.05, 0) is 76.5 Å². The van der Waals surface area contributed by atoms with Crippen LogP contribution in [0.25, 0.3) is 76.9 Å². The Kier molecular flexibility index (Phi) is 4.45. The molecule has 0 N–H and O–H groups in total. The van der Waals surface area contributed by atoms with Crippen molar-refractivity contribution in [2.45, 2.75) is 0 Å². The van der Waals surface area contributed by atoms with E-state index in [0.717, 1.165) is 28.4 Å². The number of hydrogen-bond donors (Lipinski definition) is 0. The summed E-state index contributed by atoms with van der Waals surface area (Å²) in [7, 11) is 0. The van der Waals surface area contributed by atoms with Crippen LogP contribution in [-0.2, 0) is 0 Å². The topological polar surface area (TPSA) is 19.1 Å². The summed E-state index contributed by atoms with van der Waals surface area (Å²) in [4.78, 5) is 0. The number of hydrogen-bond acceptors (Lipinski definition) is 1. The van der Waals surface area contributed by atoms with E-state index in [9.17, 15) is 0 Å². The fraction of sp³-hybridized carbons (Fsp3) is 0. The molecule has 9 aromatic rings. The summed E-state index contributed by atoms with van der Waals surface area (Å²) in [5.41, 5.74) is 9.40. The summed E-state index contributed by atoms with van der Waals surface area (Å²) < 4.78 is 11.0. The van der Waals surface area contributed by atoms with Crippen molar-refractivity contribution in [3.8, 4) is 34.0 Å². The Morgan fingerprint density at radius 1 is 0.419 bits per heavy atom. The van der Waals surface area contributed by atoms with Crippen LogP contribution in [0.1, 0.15) is 0 Å². The Morgan fingerprint density at radius 3 is 2.05 bits per heavy atom. The van der Waals surface area contributed by atoms with Crippen molar-refractivity contribution in [2.24, 2.45) is 0 Å². The van der Waals surface area contributed by atoms with Crippen LogP contribution in [0.15, 0.2) is 146 Å². The zero-order chi connectivity index (χ0) is 28.1. The number of ether oxygens (including phenoxy) is 1. The molecule has 0 bridgehead atoms. The van der Waals surface area contributed by atoms with Crippen molar-refractivity contribution in [1.29, 1.82) is 0 Å². The Balaban J connectivity index is 1.14. The maximum Gasteiger partial charge on any atom is 0.152 e. The van der Waals surface area contributed by atoms with Gasteiger partial charge in [0.1, 0.15) is 0 Å². The van der Waals surface area contributed by atoms with Crippen molar-refractivity contribution < 1.29 is 4.74 Å². The average Bonchev–Trinajstić information content (AvgIpc) is 3.59. The van der Waals surface area contributed by atoms with Gasteiger partial charge < -0.3 is 13.9 Å². The standard InChI is InChI=1S/C40H24N2O/c1-2-9-29-26(8-1)18-23-36-39(29)31-10-3-4-12-33(31)41(36)28-20-16-25(17-21-28)27-19-22-34-32(24-27)30-11-7-15-38-40(30)42(34)35-13-5-6-14-37(35)43-38/h1-24H. The van der Waals surface area contributed by atoms with Gasteiger partial charge in [-0.1, -0.05) is 91.0 Å². The van der Waals surface area contributed by atoms with E-state index >= 15 is 0 Å². The lowest BCUT2D eigenvalue weighted by molar-refractivity contribution is 0.476. The largest absolute Gasteiger partial charge is 0.453 e. The first-order valence-corrected chi connectivity index (χ1v) is 14.7. The summed E-state index contributed by atoms with van der Waals surface area (Å²) in [5, 5.41) is 7.58. The van der Waals surface area contributed by atoms with Gasteiger partial charge in [0.05, 0.1) is 27.8 Å². The quantitative estimate of drug-likeness (QED) is 0.210. The molecule has 0 aliphatic carbocycles. The summed E-state index contributed by atoms with van der Waals surface area (Å²) in [5.74, 6) is 1.79. The fourth-order valence-corrected chi connectivity index (χ4v) is 7.22. The average molecular weight is 549 g/mol. The molecule has 0 saturated heterocycles. The van der Waals surface area contributed by atoms with Gasteiger partial charge in [0.2, 0.25) is 0 Å². The van der Waals surface area contributed by atoms with Gasteiger partial charge in [0, 0.05) is 27.2 Å². The number of rotatable bonds is 2. The lowest BCUT2D eigenvalue weighted by Crippen LogP contribution is -2.03. The highest BCUT2D eigenvalue weighted by molar-refractivity contribution is 6.21. The predicted octanol–water partition coefficient (Wildman–Crippen LogP) is 10.8. The SMILES string of the molecule is c1ccc2c(c1)Oc1cccc3c4cc(-c5ccc(-n6c7ccccc7c7c8ccccc8ccc76)cc5)ccc4n-2c13. The van der Waals surface area contributed by atoms with E-state index in [0.29, 0.717) is 0 Å². The Labute approximate surface area is 247 Å². The second kappa shape index (κ2) is 8.37. The molecule has 0 radical (unpaired) electrons. The van der Waals surface area contributed by atoms with Crippen molar-refractivity contribution in [1.82, 2.24) is 9.13 Å². The number of fused-ring (bicyclic) bond motifs is 10. The molecule has 0 spiro atoms. The van der Waals surface area contributed by atoms with Gasteiger partial charge in [-0.25, -0.2) is 0 Å². The lowest BCUT2D eigenvalue weighted by atomic mass is 10.0. The highest BCUT2D eigenvalue weighted by Gasteiger charge is 2.23.